The van der Waals surface area contributed by atoms with Gasteiger partial charge in [-0.3, -0.25) is 9.69 Å². The van der Waals surface area contributed by atoms with Gasteiger partial charge in [0.25, 0.3) is 0 Å². The van der Waals surface area contributed by atoms with Crippen molar-refractivity contribution in [3.63, 3.8) is 0 Å². The zero-order valence-electron chi connectivity index (χ0n) is 9.87. The summed E-state index contributed by atoms with van der Waals surface area (Å²) < 4.78 is 12.9. The predicted octanol–water partition coefficient (Wildman–Crippen LogP) is 0.00990. The highest BCUT2D eigenvalue weighted by Gasteiger charge is 2.34. The topological polar surface area (TPSA) is 98.2 Å². The van der Waals surface area contributed by atoms with E-state index in [9.17, 15) is 18.8 Å². The largest absolute Gasteiger partial charge is 0.479 e. The molecule has 1 aliphatic rings. The Balaban J connectivity index is 2.53. The van der Waals surface area contributed by atoms with Gasteiger partial charge in [-0.2, -0.15) is 0 Å². The summed E-state index contributed by atoms with van der Waals surface area (Å²) in [5, 5.41) is 17.2. The summed E-state index contributed by atoms with van der Waals surface area (Å²) in [6, 6.07) is -0.820. The van der Waals surface area contributed by atoms with Gasteiger partial charge >= 0.3 is 12.1 Å². The standard InChI is InChI=1S/C10H15FN2O5/c1-6-8(14)12(3-2-7(11)9(15)16)4-5-13(6)10(17)18/h6-7H,2-5H2,1H3,(H,15,16)(H,17,18)/t6-,7?/m0/s1. The molecule has 1 rings (SSSR count). The Hall–Kier alpha value is -1.86. The number of piperazine rings is 1. The molecule has 102 valence electrons. The Morgan fingerprint density at radius 1 is 1.44 bits per heavy atom. The Bertz CT molecular complexity index is 362. The molecule has 0 spiro atoms. The molecule has 1 fully saturated rings. The molecule has 8 heteroatoms. The van der Waals surface area contributed by atoms with Crippen LogP contribution >= 0.6 is 0 Å². The summed E-state index contributed by atoms with van der Waals surface area (Å²) in [7, 11) is 0. The number of amides is 2. The number of carboxylic acid groups (broad SMARTS) is 2. The van der Waals surface area contributed by atoms with E-state index in [1.165, 1.54) is 11.8 Å². The molecule has 0 saturated carbocycles. The van der Waals surface area contributed by atoms with Gasteiger partial charge in [-0.1, -0.05) is 0 Å². The summed E-state index contributed by atoms with van der Waals surface area (Å²) in [5.41, 5.74) is 0. The highest BCUT2D eigenvalue weighted by atomic mass is 19.1. The van der Waals surface area contributed by atoms with E-state index >= 15 is 0 Å². The number of hydrogen-bond acceptors (Lipinski definition) is 3. The van der Waals surface area contributed by atoms with Gasteiger partial charge in [0.1, 0.15) is 6.04 Å². The Labute approximate surface area is 103 Å². The van der Waals surface area contributed by atoms with E-state index in [-0.39, 0.29) is 26.1 Å². The maximum Gasteiger partial charge on any atom is 0.408 e. The zero-order chi connectivity index (χ0) is 13.9. The number of carbonyl (C=O) groups excluding carboxylic acids is 1. The molecule has 0 bridgehead atoms. The lowest BCUT2D eigenvalue weighted by Gasteiger charge is -2.37. The van der Waals surface area contributed by atoms with E-state index < -0.39 is 30.2 Å². The Morgan fingerprint density at radius 2 is 2.06 bits per heavy atom. The van der Waals surface area contributed by atoms with Gasteiger partial charge in [0.15, 0.2) is 6.17 Å². The molecule has 0 radical (unpaired) electrons. The fourth-order valence-corrected chi connectivity index (χ4v) is 1.81. The lowest BCUT2D eigenvalue weighted by atomic mass is 10.1. The molecule has 1 saturated heterocycles. The molecule has 0 aromatic carbocycles. The maximum absolute atomic E-state index is 12.9. The van der Waals surface area contributed by atoms with Crippen molar-refractivity contribution in [2.75, 3.05) is 19.6 Å². The third-order valence-corrected chi connectivity index (χ3v) is 2.91. The van der Waals surface area contributed by atoms with E-state index in [1.54, 1.807) is 0 Å². The van der Waals surface area contributed by atoms with Gasteiger partial charge < -0.3 is 15.1 Å². The van der Waals surface area contributed by atoms with Crippen LogP contribution in [-0.4, -0.2) is 69.8 Å². The van der Waals surface area contributed by atoms with Gasteiger partial charge in [-0.25, -0.2) is 14.0 Å². The lowest BCUT2D eigenvalue weighted by Crippen LogP contribution is -2.57. The molecule has 2 atom stereocenters. The first-order chi connectivity index (χ1) is 8.34. The van der Waals surface area contributed by atoms with Crippen LogP contribution in [0.25, 0.3) is 0 Å². The zero-order valence-corrected chi connectivity index (χ0v) is 9.87. The molecule has 2 amide bonds. The fourth-order valence-electron chi connectivity index (χ4n) is 1.81. The minimum Gasteiger partial charge on any atom is -0.479 e. The summed E-state index contributed by atoms with van der Waals surface area (Å²) in [4.78, 5) is 35.2. The van der Waals surface area contributed by atoms with Gasteiger partial charge in [-0.05, 0) is 6.92 Å². The monoisotopic (exact) mass is 262 g/mol. The second kappa shape index (κ2) is 5.65. The second-order valence-electron chi connectivity index (χ2n) is 4.07. The van der Waals surface area contributed by atoms with Crippen molar-refractivity contribution < 1.29 is 29.0 Å². The average Bonchev–Trinajstić information content (AvgIpc) is 2.30. The Morgan fingerprint density at radius 3 is 2.56 bits per heavy atom. The van der Waals surface area contributed by atoms with Crippen LogP contribution in [0, 0.1) is 0 Å². The molecular formula is C10H15FN2O5. The van der Waals surface area contributed by atoms with Gasteiger partial charge in [0.05, 0.1) is 0 Å². The average molecular weight is 262 g/mol. The van der Waals surface area contributed by atoms with Crippen molar-refractivity contribution in [3.05, 3.63) is 0 Å². The van der Waals surface area contributed by atoms with E-state index in [1.807, 2.05) is 0 Å². The molecule has 1 heterocycles. The van der Waals surface area contributed by atoms with Crippen molar-refractivity contribution >= 4 is 18.0 Å². The molecule has 18 heavy (non-hydrogen) atoms. The van der Waals surface area contributed by atoms with E-state index in [0.29, 0.717) is 0 Å². The van der Waals surface area contributed by atoms with Crippen LogP contribution in [-0.2, 0) is 9.59 Å². The second-order valence-corrected chi connectivity index (χ2v) is 4.07. The summed E-state index contributed by atoms with van der Waals surface area (Å²) in [6.07, 6.45) is -3.48. The van der Waals surface area contributed by atoms with E-state index in [4.69, 9.17) is 10.2 Å². The van der Waals surface area contributed by atoms with Gasteiger partial charge in [0.2, 0.25) is 5.91 Å². The first-order valence-corrected chi connectivity index (χ1v) is 5.49. The molecule has 0 aromatic rings. The van der Waals surface area contributed by atoms with Crippen LogP contribution in [0.3, 0.4) is 0 Å². The van der Waals surface area contributed by atoms with Gasteiger partial charge in [0, 0.05) is 26.1 Å². The van der Waals surface area contributed by atoms with Gasteiger partial charge in [-0.15, -0.1) is 0 Å². The SMILES string of the molecule is C[C@H]1C(=O)N(CCC(F)C(=O)O)CCN1C(=O)O. The first kappa shape index (κ1) is 14.2. The number of alkyl halides is 1. The molecule has 2 N–H and O–H groups in total. The minimum atomic E-state index is -2.01. The molecule has 1 unspecified atom stereocenters. The molecule has 0 aliphatic carbocycles. The maximum atomic E-state index is 12.9. The lowest BCUT2D eigenvalue weighted by molar-refractivity contribution is -0.145. The molecule has 7 nitrogen and oxygen atoms in total. The number of carboxylic acids is 1. The highest BCUT2D eigenvalue weighted by molar-refractivity contribution is 5.86. The van der Waals surface area contributed by atoms with Crippen LogP contribution in [0.1, 0.15) is 13.3 Å². The van der Waals surface area contributed by atoms with Crippen molar-refractivity contribution in [1.29, 1.82) is 0 Å². The van der Waals surface area contributed by atoms with Crippen LogP contribution < -0.4 is 0 Å². The summed E-state index contributed by atoms with van der Waals surface area (Å²) >= 11 is 0. The third kappa shape index (κ3) is 3.08. The Kier molecular flexibility index (Phi) is 4.46. The fraction of sp³-hybridized carbons (Fsp3) is 0.700. The number of nitrogens with zero attached hydrogens (tertiary/aromatic N) is 2. The normalized spacial score (nSPS) is 21.9. The highest BCUT2D eigenvalue weighted by Crippen LogP contribution is 2.12. The molecular weight excluding hydrogens is 247 g/mol. The molecule has 0 aromatic heterocycles. The van der Waals surface area contributed by atoms with Crippen molar-refractivity contribution in [3.8, 4) is 0 Å². The number of rotatable bonds is 4. The van der Waals surface area contributed by atoms with Crippen molar-refractivity contribution in [2.45, 2.75) is 25.6 Å². The first-order valence-electron chi connectivity index (χ1n) is 5.49. The molecule has 1 aliphatic heterocycles. The van der Waals surface area contributed by atoms with Crippen LogP contribution in [0.4, 0.5) is 9.18 Å². The van der Waals surface area contributed by atoms with Crippen LogP contribution in [0.5, 0.6) is 0 Å². The summed E-state index contributed by atoms with van der Waals surface area (Å²) in [6.45, 7) is 1.73. The quantitative estimate of drug-likeness (QED) is 0.743. The van der Waals surface area contributed by atoms with Crippen molar-refractivity contribution in [1.82, 2.24) is 9.80 Å². The van der Waals surface area contributed by atoms with Crippen molar-refractivity contribution in [2.24, 2.45) is 0 Å². The van der Waals surface area contributed by atoms with Crippen LogP contribution in [0.2, 0.25) is 0 Å². The number of halogens is 1. The van der Waals surface area contributed by atoms with E-state index in [2.05, 4.69) is 0 Å². The number of hydrogen-bond donors (Lipinski definition) is 2. The van der Waals surface area contributed by atoms with E-state index in [0.717, 1.165) is 4.90 Å². The number of carbonyl (C=O) groups is 3. The smallest absolute Gasteiger partial charge is 0.408 e. The number of aliphatic carboxylic acids is 1. The summed E-state index contributed by atoms with van der Waals surface area (Å²) in [5.74, 6) is -1.99. The third-order valence-electron chi connectivity index (χ3n) is 2.91. The minimum absolute atomic E-state index is 0.0237. The predicted molar refractivity (Wildman–Crippen MR) is 57.9 cm³/mol. The van der Waals surface area contributed by atoms with Crippen LogP contribution in [0.15, 0.2) is 0 Å².